The number of nitrogens with zero attached hydrogens (tertiary/aromatic N) is 1. The van der Waals surface area contributed by atoms with Crippen LogP contribution in [-0.4, -0.2) is 21.3 Å². The first-order valence-corrected chi connectivity index (χ1v) is 4.64. The molecular formula is C11H9FN2O2. The van der Waals surface area contributed by atoms with E-state index in [1.807, 2.05) is 0 Å². The van der Waals surface area contributed by atoms with Crippen LogP contribution in [0.15, 0.2) is 24.3 Å². The van der Waals surface area contributed by atoms with E-state index in [1.54, 1.807) is 13.0 Å². The molecule has 0 aliphatic heterocycles. The number of carboxylic acids is 1. The van der Waals surface area contributed by atoms with Crippen molar-refractivity contribution in [3.8, 4) is 11.1 Å². The second-order valence-electron chi connectivity index (χ2n) is 3.39. The van der Waals surface area contributed by atoms with Gasteiger partial charge < -0.3 is 5.11 Å². The quantitative estimate of drug-likeness (QED) is 0.815. The number of carboxylic acid groups (broad SMARTS) is 1. The Morgan fingerprint density at radius 3 is 2.88 bits per heavy atom. The van der Waals surface area contributed by atoms with Gasteiger partial charge in [0.05, 0.1) is 0 Å². The third-order valence-electron chi connectivity index (χ3n) is 2.26. The van der Waals surface area contributed by atoms with Crippen LogP contribution < -0.4 is 0 Å². The summed E-state index contributed by atoms with van der Waals surface area (Å²) in [6.45, 7) is 1.69. The number of carbonyl (C=O) groups is 1. The van der Waals surface area contributed by atoms with Crippen LogP contribution >= 0.6 is 0 Å². The van der Waals surface area contributed by atoms with Crippen molar-refractivity contribution in [1.82, 2.24) is 10.2 Å². The van der Waals surface area contributed by atoms with Crippen molar-refractivity contribution in [3.63, 3.8) is 0 Å². The number of halogens is 1. The molecule has 2 rings (SSSR count). The lowest BCUT2D eigenvalue weighted by Crippen LogP contribution is -1.99. The van der Waals surface area contributed by atoms with Crippen LogP contribution in [0.2, 0.25) is 0 Å². The molecule has 0 saturated carbocycles. The topological polar surface area (TPSA) is 66.0 Å². The maximum absolute atomic E-state index is 13.0. The summed E-state index contributed by atoms with van der Waals surface area (Å²) in [5.41, 5.74) is 1.43. The average molecular weight is 220 g/mol. The number of aromatic amines is 1. The first-order valence-electron chi connectivity index (χ1n) is 4.64. The lowest BCUT2D eigenvalue weighted by molar-refractivity contribution is 0.0691. The zero-order chi connectivity index (χ0) is 11.7. The van der Waals surface area contributed by atoms with E-state index in [-0.39, 0.29) is 5.69 Å². The largest absolute Gasteiger partial charge is 0.476 e. The molecule has 0 fully saturated rings. The van der Waals surface area contributed by atoms with E-state index in [4.69, 9.17) is 5.11 Å². The van der Waals surface area contributed by atoms with Crippen LogP contribution in [0, 0.1) is 12.7 Å². The van der Waals surface area contributed by atoms with Crippen molar-refractivity contribution in [2.45, 2.75) is 6.92 Å². The molecule has 0 spiro atoms. The number of hydrogen-bond donors (Lipinski definition) is 2. The monoisotopic (exact) mass is 220 g/mol. The van der Waals surface area contributed by atoms with E-state index < -0.39 is 11.8 Å². The highest BCUT2D eigenvalue weighted by atomic mass is 19.1. The predicted molar refractivity (Wildman–Crippen MR) is 55.7 cm³/mol. The van der Waals surface area contributed by atoms with Gasteiger partial charge in [-0.3, -0.25) is 5.10 Å². The number of nitrogens with one attached hydrogen (secondary N) is 1. The third kappa shape index (κ3) is 1.67. The zero-order valence-corrected chi connectivity index (χ0v) is 8.49. The molecule has 1 heterocycles. The summed E-state index contributed by atoms with van der Waals surface area (Å²) < 4.78 is 13.0. The molecule has 2 N–H and O–H groups in total. The Morgan fingerprint density at radius 2 is 2.25 bits per heavy atom. The van der Waals surface area contributed by atoms with Crippen LogP contribution in [0.5, 0.6) is 0 Å². The van der Waals surface area contributed by atoms with Crippen molar-refractivity contribution in [1.29, 1.82) is 0 Å². The lowest BCUT2D eigenvalue weighted by Gasteiger charge is -2.01. The van der Waals surface area contributed by atoms with Crippen molar-refractivity contribution in [2.24, 2.45) is 0 Å². The molecule has 0 radical (unpaired) electrons. The highest BCUT2D eigenvalue weighted by Gasteiger charge is 2.18. The standard InChI is InChI=1S/C11H9FN2O2/c1-6-9(10(11(15)16)14-13-6)7-3-2-4-8(12)5-7/h2-5H,1H3,(H,13,14)(H,15,16). The number of aromatic carboxylic acids is 1. The van der Waals surface area contributed by atoms with Crippen LogP contribution in [0.1, 0.15) is 16.2 Å². The summed E-state index contributed by atoms with van der Waals surface area (Å²) in [7, 11) is 0. The Labute approximate surface area is 90.7 Å². The highest BCUT2D eigenvalue weighted by Crippen LogP contribution is 2.26. The molecule has 82 valence electrons. The van der Waals surface area contributed by atoms with Gasteiger partial charge >= 0.3 is 5.97 Å². The zero-order valence-electron chi connectivity index (χ0n) is 8.49. The number of rotatable bonds is 2. The molecule has 0 amide bonds. The Kier molecular flexibility index (Phi) is 2.44. The minimum Gasteiger partial charge on any atom is -0.476 e. The molecule has 1 aromatic heterocycles. The molecule has 16 heavy (non-hydrogen) atoms. The fourth-order valence-electron chi connectivity index (χ4n) is 1.58. The summed E-state index contributed by atoms with van der Waals surface area (Å²) in [4.78, 5) is 10.9. The van der Waals surface area contributed by atoms with Gasteiger partial charge in [-0.15, -0.1) is 0 Å². The van der Waals surface area contributed by atoms with Crippen molar-refractivity contribution in [3.05, 3.63) is 41.5 Å². The smallest absolute Gasteiger partial charge is 0.357 e. The lowest BCUT2D eigenvalue weighted by atomic mass is 10.0. The van der Waals surface area contributed by atoms with Crippen LogP contribution in [0.3, 0.4) is 0 Å². The van der Waals surface area contributed by atoms with Gasteiger partial charge in [0.25, 0.3) is 0 Å². The molecule has 2 aromatic rings. The van der Waals surface area contributed by atoms with Gasteiger partial charge in [0.2, 0.25) is 0 Å². The molecule has 5 heteroatoms. The van der Waals surface area contributed by atoms with Crippen LogP contribution in [0.4, 0.5) is 4.39 Å². The van der Waals surface area contributed by atoms with Gasteiger partial charge in [0.15, 0.2) is 5.69 Å². The van der Waals surface area contributed by atoms with Crippen molar-refractivity contribution >= 4 is 5.97 Å². The molecular weight excluding hydrogens is 211 g/mol. The molecule has 0 saturated heterocycles. The second kappa shape index (κ2) is 3.77. The van der Waals surface area contributed by atoms with Gasteiger partial charge in [-0.05, 0) is 24.6 Å². The van der Waals surface area contributed by atoms with Gasteiger partial charge in [0.1, 0.15) is 5.82 Å². The van der Waals surface area contributed by atoms with Gasteiger partial charge in [0, 0.05) is 11.3 Å². The number of hydrogen-bond acceptors (Lipinski definition) is 2. The third-order valence-corrected chi connectivity index (χ3v) is 2.26. The van der Waals surface area contributed by atoms with E-state index in [9.17, 15) is 9.18 Å². The van der Waals surface area contributed by atoms with Crippen molar-refractivity contribution in [2.75, 3.05) is 0 Å². The molecule has 0 aliphatic rings. The number of H-pyrrole nitrogens is 1. The SMILES string of the molecule is Cc1[nH]nc(C(=O)O)c1-c1cccc(F)c1. The minimum atomic E-state index is -1.14. The van der Waals surface area contributed by atoms with Gasteiger partial charge in [-0.25, -0.2) is 9.18 Å². The van der Waals surface area contributed by atoms with E-state index in [0.717, 1.165) is 0 Å². The van der Waals surface area contributed by atoms with Crippen molar-refractivity contribution < 1.29 is 14.3 Å². The Bertz CT molecular complexity index is 549. The van der Waals surface area contributed by atoms with E-state index in [0.29, 0.717) is 16.8 Å². The summed E-state index contributed by atoms with van der Waals surface area (Å²) >= 11 is 0. The molecule has 0 bridgehead atoms. The molecule has 0 unspecified atom stereocenters. The summed E-state index contributed by atoms with van der Waals surface area (Å²) in [5, 5.41) is 15.2. The highest BCUT2D eigenvalue weighted by molar-refractivity contribution is 5.94. The number of benzene rings is 1. The van der Waals surface area contributed by atoms with E-state index >= 15 is 0 Å². The fourth-order valence-corrected chi connectivity index (χ4v) is 1.58. The number of aromatic nitrogens is 2. The summed E-state index contributed by atoms with van der Waals surface area (Å²) in [6.07, 6.45) is 0. The summed E-state index contributed by atoms with van der Waals surface area (Å²) in [6, 6.07) is 5.76. The average Bonchev–Trinajstić information content (AvgIpc) is 2.60. The van der Waals surface area contributed by atoms with Gasteiger partial charge in [-0.2, -0.15) is 5.10 Å². The maximum Gasteiger partial charge on any atom is 0.357 e. The molecule has 4 nitrogen and oxygen atoms in total. The Morgan fingerprint density at radius 1 is 1.50 bits per heavy atom. The molecule has 1 aromatic carbocycles. The van der Waals surface area contributed by atoms with E-state index in [2.05, 4.69) is 10.2 Å². The minimum absolute atomic E-state index is 0.0944. The predicted octanol–water partition coefficient (Wildman–Crippen LogP) is 2.22. The van der Waals surface area contributed by atoms with Crippen LogP contribution in [-0.2, 0) is 0 Å². The first-order chi connectivity index (χ1) is 7.59. The van der Waals surface area contributed by atoms with E-state index in [1.165, 1.54) is 18.2 Å². The van der Waals surface area contributed by atoms with Gasteiger partial charge in [-0.1, -0.05) is 12.1 Å². The number of aryl methyl sites for hydroxylation is 1. The summed E-state index contributed by atoms with van der Waals surface area (Å²) in [5.74, 6) is -1.54. The first kappa shape index (κ1) is 10.4. The molecule has 0 atom stereocenters. The fraction of sp³-hybridized carbons (Fsp3) is 0.0909. The maximum atomic E-state index is 13.0. The second-order valence-corrected chi connectivity index (χ2v) is 3.39. The Balaban J connectivity index is 2.63. The molecule has 0 aliphatic carbocycles. The Hall–Kier alpha value is -2.17. The van der Waals surface area contributed by atoms with Crippen LogP contribution in [0.25, 0.3) is 11.1 Å². The normalized spacial score (nSPS) is 10.4.